The Morgan fingerprint density at radius 1 is 1.29 bits per heavy atom. The van der Waals surface area contributed by atoms with E-state index < -0.39 is 0 Å². The first-order chi connectivity index (χ1) is 8.04. The second-order valence-electron chi connectivity index (χ2n) is 4.32. The third-order valence-corrected chi connectivity index (χ3v) is 2.52. The summed E-state index contributed by atoms with van der Waals surface area (Å²) in [7, 11) is 0. The summed E-state index contributed by atoms with van der Waals surface area (Å²) < 4.78 is 0. The van der Waals surface area contributed by atoms with Crippen LogP contribution in [0.4, 0.5) is 5.69 Å². The summed E-state index contributed by atoms with van der Waals surface area (Å²) in [5, 5.41) is 4.37. The van der Waals surface area contributed by atoms with Crippen molar-refractivity contribution in [1.29, 1.82) is 0 Å². The van der Waals surface area contributed by atoms with Gasteiger partial charge in [-0.3, -0.25) is 4.79 Å². The van der Waals surface area contributed by atoms with Crippen LogP contribution in [0, 0.1) is 6.92 Å². The average molecular weight is 228 g/mol. The number of carbonyl (C=O) groups excluding carboxylic acids is 1. The van der Waals surface area contributed by atoms with Crippen molar-refractivity contribution in [2.75, 3.05) is 5.32 Å². The molecule has 0 aliphatic rings. The van der Waals surface area contributed by atoms with Crippen LogP contribution in [0.15, 0.2) is 36.0 Å². The Kier molecular flexibility index (Phi) is 3.00. The van der Waals surface area contributed by atoms with Crippen molar-refractivity contribution in [1.82, 2.24) is 4.98 Å². The molecule has 0 saturated carbocycles. The molecule has 0 aliphatic heterocycles. The molecule has 0 amide bonds. The predicted molar refractivity (Wildman–Crippen MR) is 71.1 cm³/mol. The van der Waals surface area contributed by atoms with E-state index in [0.29, 0.717) is 0 Å². The smallest absolute Gasteiger partial charge is 0.154 e. The summed E-state index contributed by atoms with van der Waals surface area (Å²) in [6.45, 7) is 5.46. The minimum atomic E-state index is 0.0496. The molecule has 0 unspecified atom stereocenters. The number of nitrogens with one attached hydrogen (secondary N) is 2. The zero-order valence-electron chi connectivity index (χ0n) is 10.3. The van der Waals surface area contributed by atoms with Crippen molar-refractivity contribution in [2.24, 2.45) is 0 Å². The van der Waals surface area contributed by atoms with Crippen LogP contribution >= 0.6 is 0 Å². The Hall–Kier alpha value is -2.03. The average Bonchev–Trinajstić information content (AvgIpc) is 2.55. The molecule has 0 spiro atoms. The second kappa shape index (κ2) is 4.45. The molecule has 3 heteroatoms. The van der Waals surface area contributed by atoms with E-state index in [1.807, 2.05) is 26.0 Å². The number of allylic oxidation sites excluding steroid dienone is 2. The van der Waals surface area contributed by atoms with Gasteiger partial charge in [-0.05, 0) is 51.1 Å². The quantitative estimate of drug-likeness (QED) is 0.791. The SMILES string of the molecule is CC(=O)C=C(C)Nc1ccc2[nH]c(C)cc2c1. The maximum absolute atomic E-state index is 10.9. The number of hydrogen-bond acceptors (Lipinski definition) is 2. The first-order valence-electron chi connectivity index (χ1n) is 5.60. The number of aromatic nitrogens is 1. The van der Waals surface area contributed by atoms with Crippen LogP contribution in [0.25, 0.3) is 10.9 Å². The maximum atomic E-state index is 10.9. The maximum Gasteiger partial charge on any atom is 0.154 e. The van der Waals surface area contributed by atoms with E-state index >= 15 is 0 Å². The topological polar surface area (TPSA) is 44.9 Å². The van der Waals surface area contributed by atoms with Crippen LogP contribution in [0.5, 0.6) is 0 Å². The zero-order chi connectivity index (χ0) is 12.4. The van der Waals surface area contributed by atoms with Gasteiger partial charge in [0.1, 0.15) is 0 Å². The third kappa shape index (κ3) is 2.75. The number of benzene rings is 1. The number of H-pyrrole nitrogens is 1. The standard InChI is InChI=1S/C14H16N2O/c1-9(6-11(3)17)15-13-4-5-14-12(8-13)7-10(2)16-14/h4-8,15-16H,1-3H3. The summed E-state index contributed by atoms with van der Waals surface area (Å²) in [6, 6.07) is 8.20. The van der Waals surface area contributed by atoms with Gasteiger partial charge in [-0.25, -0.2) is 0 Å². The van der Waals surface area contributed by atoms with Crippen molar-refractivity contribution in [3.8, 4) is 0 Å². The third-order valence-electron chi connectivity index (χ3n) is 2.52. The number of carbonyl (C=O) groups is 1. The molecular formula is C14H16N2O. The number of rotatable bonds is 3. The summed E-state index contributed by atoms with van der Waals surface area (Å²) in [6.07, 6.45) is 1.59. The minimum absolute atomic E-state index is 0.0496. The van der Waals surface area contributed by atoms with Gasteiger partial charge >= 0.3 is 0 Å². The summed E-state index contributed by atoms with van der Waals surface area (Å²) >= 11 is 0. The van der Waals surface area contributed by atoms with Gasteiger partial charge in [0.2, 0.25) is 0 Å². The van der Waals surface area contributed by atoms with Crippen molar-refractivity contribution in [3.05, 3.63) is 41.7 Å². The van der Waals surface area contributed by atoms with Gasteiger partial charge in [-0.2, -0.15) is 0 Å². The molecule has 1 aromatic heterocycles. The number of anilines is 1. The van der Waals surface area contributed by atoms with Gasteiger partial charge in [0.25, 0.3) is 0 Å². The normalized spacial score (nSPS) is 11.8. The van der Waals surface area contributed by atoms with Crippen molar-refractivity contribution in [3.63, 3.8) is 0 Å². The molecule has 0 fully saturated rings. The molecule has 88 valence electrons. The number of ketones is 1. The number of aromatic amines is 1. The molecule has 0 bridgehead atoms. The fourth-order valence-corrected chi connectivity index (χ4v) is 1.92. The fraction of sp³-hybridized carbons (Fsp3) is 0.214. The van der Waals surface area contributed by atoms with Crippen LogP contribution in [0.1, 0.15) is 19.5 Å². The molecular weight excluding hydrogens is 212 g/mol. The highest BCUT2D eigenvalue weighted by molar-refractivity contribution is 5.89. The molecule has 1 aromatic carbocycles. The van der Waals surface area contributed by atoms with E-state index in [1.165, 1.54) is 5.39 Å². The van der Waals surface area contributed by atoms with E-state index in [9.17, 15) is 4.79 Å². The number of hydrogen-bond donors (Lipinski definition) is 2. The molecule has 3 nitrogen and oxygen atoms in total. The summed E-state index contributed by atoms with van der Waals surface area (Å²) in [4.78, 5) is 14.2. The summed E-state index contributed by atoms with van der Waals surface area (Å²) in [5.74, 6) is 0.0496. The predicted octanol–water partition coefficient (Wildman–Crippen LogP) is 3.38. The van der Waals surface area contributed by atoms with Gasteiger partial charge in [-0.1, -0.05) is 0 Å². The lowest BCUT2D eigenvalue weighted by Crippen LogP contribution is -1.97. The Bertz CT molecular complexity index is 593. The van der Waals surface area contributed by atoms with Crippen LogP contribution in [0.3, 0.4) is 0 Å². The highest BCUT2D eigenvalue weighted by atomic mass is 16.1. The van der Waals surface area contributed by atoms with Crippen molar-refractivity contribution >= 4 is 22.4 Å². The molecule has 0 aliphatic carbocycles. The Balaban J connectivity index is 2.27. The van der Waals surface area contributed by atoms with Crippen LogP contribution in [0.2, 0.25) is 0 Å². The van der Waals surface area contributed by atoms with Crippen LogP contribution in [-0.2, 0) is 4.79 Å². The first kappa shape index (κ1) is 11.5. The Labute approximate surface area is 101 Å². The molecule has 17 heavy (non-hydrogen) atoms. The van der Waals surface area contributed by atoms with E-state index in [-0.39, 0.29) is 5.78 Å². The van der Waals surface area contributed by atoms with E-state index in [0.717, 1.165) is 22.6 Å². The molecule has 2 rings (SSSR count). The van der Waals surface area contributed by atoms with Gasteiger partial charge in [-0.15, -0.1) is 0 Å². The lowest BCUT2D eigenvalue weighted by molar-refractivity contribution is -0.112. The van der Waals surface area contributed by atoms with Crippen LogP contribution in [-0.4, -0.2) is 10.8 Å². The van der Waals surface area contributed by atoms with Gasteiger partial charge in [0.05, 0.1) is 0 Å². The molecule has 0 radical (unpaired) electrons. The van der Waals surface area contributed by atoms with E-state index in [1.54, 1.807) is 13.0 Å². The molecule has 1 heterocycles. The Morgan fingerprint density at radius 3 is 2.76 bits per heavy atom. The Morgan fingerprint density at radius 2 is 2.06 bits per heavy atom. The van der Waals surface area contributed by atoms with Crippen LogP contribution < -0.4 is 5.32 Å². The largest absolute Gasteiger partial charge is 0.359 e. The molecule has 0 atom stereocenters. The fourth-order valence-electron chi connectivity index (χ4n) is 1.92. The lowest BCUT2D eigenvalue weighted by Gasteiger charge is -2.05. The first-order valence-corrected chi connectivity index (χ1v) is 5.60. The highest BCUT2D eigenvalue weighted by Gasteiger charge is 2.00. The van der Waals surface area contributed by atoms with E-state index in [2.05, 4.69) is 22.4 Å². The molecule has 2 N–H and O–H groups in total. The van der Waals surface area contributed by atoms with Gasteiger partial charge < -0.3 is 10.3 Å². The van der Waals surface area contributed by atoms with Gasteiger partial charge in [0, 0.05) is 28.0 Å². The molecule has 0 saturated heterocycles. The molecule has 2 aromatic rings. The minimum Gasteiger partial charge on any atom is -0.359 e. The van der Waals surface area contributed by atoms with E-state index in [4.69, 9.17) is 0 Å². The zero-order valence-corrected chi connectivity index (χ0v) is 10.3. The second-order valence-corrected chi connectivity index (χ2v) is 4.32. The van der Waals surface area contributed by atoms with Crippen molar-refractivity contribution in [2.45, 2.75) is 20.8 Å². The summed E-state index contributed by atoms with van der Waals surface area (Å²) in [5.41, 5.74) is 4.12. The highest BCUT2D eigenvalue weighted by Crippen LogP contribution is 2.20. The number of fused-ring (bicyclic) bond motifs is 1. The number of aryl methyl sites for hydroxylation is 1. The monoisotopic (exact) mass is 228 g/mol. The van der Waals surface area contributed by atoms with Crippen molar-refractivity contribution < 1.29 is 4.79 Å². The lowest BCUT2D eigenvalue weighted by atomic mass is 10.2. The van der Waals surface area contributed by atoms with Gasteiger partial charge in [0.15, 0.2) is 5.78 Å².